The molecule has 0 bridgehead atoms. The molecule has 26 heavy (non-hydrogen) atoms. The van der Waals surface area contributed by atoms with Crippen LogP contribution < -0.4 is 16.0 Å². The fourth-order valence-corrected chi connectivity index (χ4v) is 2.78. The average molecular weight is 466 g/mol. The van der Waals surface area contributed by atoms with Crippen molar-refractivity contribution in [1.82, 2.24) is 10.6 Å². The van der Waals surface area contributed by atoms with Crippen molar-refractivity contribution in [3.8, 4) is 6.07 Å². The molecule has 2 aromatic rings. The molecule has 8 heteroatoms. The molecule has 0 radical (unpaired) electrons. The Bertz CT molecular complexity index is 851. The van der Waals surface area contributed by atoms with Crippen LogP contribution in [0.1, 0.15) is 15.9 Å². The quantitative estimate of drug-likeness (QED) is 0.431. The first kappa shape index (κ1) is 19.7. The fourth-order valence-electron chi connectivity index (χ4n) is 2.15. The highest BCUT2D eigenvalue weighted by Gasteiger charge is 2.11. The van der Waals surface area contributed by atoms with E-state index >= 15 is 0 Å². The van der Waals surface area contributed by atoms with Crippen molar-refractivity contribution in [2.24, 2.45) is 0 Å². The number of halogens is 2. The predicted molar refractivity (Wildman–Crippen MR) is 104 cm³/mol. The molecule has 0 aliphatic carbocycles. The van der Waals surface area contributed by atoms with Crippen LogP contribution in [0.3, 0.4) is 0 Å². The summed E-state index contributed by atoms with van der Waals surface area (Å²) in [5.41, 5.74) is 0.815. The number of hydrogen-bond donors (Lipinski definition) is 3. The smallest absolute Gasteiger partial charge is 0.252 e. The van der Waals surface area contributed by atoms with Gasteiger partial charge >= 0.3 is 0 Å². The van der Waals surface area contributed by atoms with Crippen molar-refractivity contribution in [1.29, 1.82) is 5.26 Å². The van der Waals surface area contributed by atoms with Gasteiger partial charge in [0.05, 0.1) is 17.8 Å². The van der Waals surface area contributed by atoms with Crippen LogP contribution in [0.5, 0.6) is 0 Å². The largest absolute Gasteiger partial charge is 0.382 e. The van der Waals surface area contributed by atoms with Crippen molar-refractivity contribution in [3.63, 3.8) is 0 Å². The number of anilines is 1. The summed E-state index contributed by atoms with van der Waals surface area (Å²) in [6.45, 7) is 0.431. The van der Waals surface area contributed by atoms with Gasteiger partial charge in [-0.3, -0.25) is 9.59 Å². The first-order valence-electron chi connectivity index (χ1n) is 7.75. The molecule has 0 aliphatic rings. The maximum Gasteiger partial charge on any atom is 0.252 e. The first-order valence-corrected chi connectivity index (χ1v) is 8.82. The van der Waals surface area contributed by atoms with Crippen molar-refractivity contribution >= 4 is 40.1 Å². The summed E-state index contributed by atoms with van der Waals surface area (Å²) in [4.78, 5) is 23.8. The second kappa shape index (κ2) is 9.72. The highest BCUT2D eigenvalue weighted by Crippen LogP contribution is 2.17. The summed E-state index contributed by atoms with van der Waals surface area (Å²) >= 11 is 2.05. The van der Waals surface area contributed by atoms with Crippen LogP contribution in [-0.4, -0.2) is 31.4 Å². The lowest BCUT2D eigenvalue weighted by atomic mass is 10.2. The number of nitrogens with zero attached hydrogens (tertiary/aromatic N) is 1. The Morgan fingerprint density at radius 2 is 1.85 bits per heavy atom. The van der Waals surface area contributed by atoms with Crippen LogP contribution in [0.4, 0.5) is 10.1 Å². The standard InChI is InChI=1S/C18H16FIN4O2/c19-14-5-3-7-16(13(14)10-21)22-8-9-23-17(25)11-24-18(26)12-4-1-2-6-15(12)20/h1-7,22H,8-9,11H2,(H,23,25)(H,24,26). The molecule has 0 heterocycles. The lowest BCUT2D eigenvalue weighted by Crippen LogP contribution is -2.38. The Hall–Kier alpha value is -2.67. The normalized spacial score (nSPS) is 9.88. The molecule has 0 saturated heterocycles. The van der Waals surface area contributed by atoms with Gasteiger partial charge in [0, 0.05) is 16.7 Å². The van der Waals surface area contributed by atoms with Gasteiger partial charge in [-0.05, 0) is 46.9 Å². The number of nitriles is 1. The minimum Gasteiger partial charge on any atom is -0.382 e. The fraction of sp³-hybridized carbons (Fsp3) is 0.167. The minimum absolute atomic E-state index is 0.0662. The Morgan fingerprint density at radius 3 is 2.58 bits per heavy atom. The van der Waals surface area contributed by atoms with E-state index in [2.05, 4.69) is 38.5 Å². The number of amides is 2. The van der Waals surface area contributed by atoms with Crippen molar-refractivity contribution in [2.45, 2.75) is 0 Å². The van der Waals surface area contributed by atoms with Crippen LogP contribution >= 0.6 is 22.6 Å². The van der Waals surface area contributed by atoms with Gasteiger partial charge in [-0.15, -0.1) is 0 Å². The zero-order valence-electron chi connectivity index (χ0n) is 13.7. The molecule has 0 unspecified atom stereocenters. The third kappa shape index (κ3) is 5.42. The zero-order valence-corrected chi connectivity index (χ0v) is 15.8. The van der Waals surface area contributed by atoms with Gasteiger partial charge in [0.2, 0.25) is 5.91 Å². The molecular weight excluding hydrogens is 450 g/mol. The van der Waals surface area contributed by atoms with Crippen LogP contribution in [0.15, 0.2) is 42.5 Å². The molecule has 134 valence electrons. The minimum atomic E-state index is -0.597. The molecule has 0 atom stereocenters. The highest BCUT2D eigenvalue weighted by molar-refractivity contribution is 14.1. The van der Waals surface area contributed by atoms with Crippen LogP contribution in [-0.2, 0) is 4.79 Å². The van der Waals surface area contributed by atoms with Gasteiger partial charge in [0.25, 0.3) is 5.91 Å². The second-order valence-electron chi connectivity index (χ2n) is 5.21. The van der Waals surface area contributed by atoms with Gasteiger partial charge in [-0.25, -0.2) is 4.39 Å². The average Bonchev–Trinajstić information content (AvgIpc) is 2.63. The van der Waals surface area contributed by atoms with Crippen LogP contribution in [0, 0.1) is 20.7 Å². The zero-order chi connectivity index (χ0) is 18.9. The summed E-state index contributed by atoms with van der Waals surface area (Å²) in [5.74, 6) is -1.26. The Morgan fingerprint density at radius 1 is 1.08 bits per heavy atom. The van der Waals surface area contributed by atoms with Gasteiger partial charge in [-0.1, -0.05) is 18.2 Å². The van der Waals surface area contributed by atoms with Crippen LogP contribution in [0.2, 0.25) is 0 Å². The third-order valence-electron chi connectivity index (χ3n) is 3.42. The summed E-state index contributed by atoms with van der Waals surface area (Å²) in [7, 11) is 0. The Labute approximate surface area is 163 Å². The number of carbonyl (C=O) groups excluding carboxylic acids is 2. The molecule has 3 N–H and O–H groups in total. The summed E-state index contributed by atoms with van der Waals surface area (Å²) in [6, 6.07) is 13.2. The third-order valence-corrected chi connectivity index (χ3v) is 4.36. The van der Waals surface area contributed by atoms with Gasteiger partial charge < -0.3 is 16.0 Å². The maximum absolute atomic E-state index is 13.5. The molecular formula is C18H16FIN4O2. The van der Waals surface area contributed by atoms with Gasteiger partial charge in [0.15, 0.2) is 0 Å². The van der Waals surface area contributed by atoms with E-state index < -0.39 is 5.82 Å². The summed E-state index contributed by atoms with van der Waals surface area (Å²) in [6.07, 6.45) is 0. The van der Waals surface area contributed by atoms with E-state index in [4.69, 9.17) is 5.26 Å². The molecule has 2 rings (SSSR count). The number of benzene rings is 2. The van der Waals surface area contributed by atoms with E-state index in [0.29, 0.717) is 17.8 Å². The molecule has 6 nitrogen and oxygen atoms in total. The molecule has 0 spiro atoms. The number of nitrogens with one attached hydrogen (secondary N) is 3. The van der Waals surface area contributed by atoms with E-state index in [1.54, 1.807) is 24.3 Å². The second-order valence-corrected chi connectivity index (χ2v) is 6.38. The van der Waals surface area contributed by atoms with E-state index in [-0.39, 0.29) is 30.5 Å². The Kier molecular flexibility index (Phi) is 7.35. The molecule has 0 aliphatic heterocycles. The SMILES string of the molecule is N#Cc1c(F)cccc1NCCNC(=O)CNC(=O)c1ccccc1I. The summed E-state index contributed by atoms with van der Waals surface area (Å²) < 4.78 is 14.3. The molecule has 0 saturated carbocycles. The monoisotopic (exact) mass is 466 g/mol. The van der Waals surface area contributed by atoms with Crippen molar-refractivity contribution < 1.29 is 14.0 Å². The highest BCUT2D eigenvalue weighted by atomic mass is 127. The molecule has 0 fully saturated rings. The van der Waals surface area contributed by atoms with E-state index in [0.717, 1.165) is 3.57 Å². The van der Waals surface area contributed by atoms with E-state index in [1.165, 1.54) is 12.1 Å². The predicted octanol–water partition coefficient (Wildman–Crippen LogP) is 2.26. The van der Waals surface area contributed by atoms with Gasteiger partial charge in [0.1, 0.15) is 17.4 Å². The van der Waals surface area contributed by atoms with Crippen molar-refractivity contribution in [2.75, 3.05) is 25.0 Å². The molecule has 0 aromatic heterocycles. The lowest BCUT2D eigenvalue weighted by molar-refractivity contribution is -0.120. The summed E-state index contributed by atoms with van der Waals surface area (Å²) in [5, 5.41) is 17.0. The number of carbonyl (C=O) groups is 2. The van der Waals surface area contributed by atoms with Crippen LogP contribution in [0.25, 0.3) is 0 Å². The van der Waals surface area contributed by atoms with Gasteiger partial charge in [-0.2, -0.15) is 5.26 Å². The molecule has 2 amide bonds. The maximum atomic E-state index is 13.5. The molecule has 2 aromatic carbocycles. The number of rotatable bonds is 7. The topological polar surface area (TPSA) is 94.0 Å². The van der Waals surface area contributed by atoms with Crippen molar-refractivity contribution in [3.05, 3.63) is 63.0 Å². The lowest BCUT2D eigenvalue weighted by Gasteiger charge is -2.10. The van der Waals surface area contributed by atoms with E-state index in [9.17, 15) is 14.0 Å². The van der Waals surface area contributed by atoms with E-state index in [1.807, 2.05) is 12.1 Å². The first-order chi connectivity index (χ1) is 12.5. The number of hydrogen-bond acceptors (Lipinski definition) is 4. The Balaban J connectivity index is 1.73.